The van der Waals surface area contributed by atoms with E-state index in [2.05, 4.69) is 12.2 Å². The van der Waals surface area contributed by atoms with Crippen molar-refractivity contribution in [3.05, 3.63) is 0 Å². The van der Waals surface area contributed by atoms with Gasteiger partial charge in [0.25, 0.3) is 0 Å². The van der Waals surface area contributed by atoms with Gasteiger partial charge in [0.1, 0.15) is 0 Å². The van der Waals surface area contributed by atoms with Gasteiger partial charge in [0.15, 0.2) is 0 Å². The van der Waals surface area contributed by atoms with Crippen LogP contribution in [0.4, 0.5) is 4.79 Å². The molecule has 1 aliphatic rings. The number of nitrogens with one attached hydrogen (secondary N) is 1. The topological polar surface area (TPSA) is 78.6 Å². The Morgan fingerprint density at radius 1 is 1.56 bits per heavy atom. The first kappa shape index (κ1) is 13.3. The molecule has 0 aromatic heterocycles. The van der Waals surface area contributed by atoms with E-state index in [0.717, 1.165) is 38.8 Å². The van der Waals surface area contributed by atoms with Crippen molar-refractivity contribution in [2.75, 3.05) is 19.7 Å². The Hall–Kier alpha value is -0.810. The lowest BCUT2D eigenvalue weighted by atomic mass is 10.0. The fourth-order valence-corrected chi connectivity index (χ4v) is 2.16. The SMILES string of the molecule is CCC(CCO)NC1CCN(C(N)=O)CC1. The van der Waals surface area contributed by atoms with Crippen LogP contribution in [-0.4, -0.2) is 47.8 Å². The zero-order valence-corrected chi connectivity index (χ0v) is 9.98. The molecule has 0 radical (unpaired) electrons. The van der Waals surface area contributed by atoms with E-state index in [1.54, 1.807) is 4.90 Å². The first-order valence-corrected chi connectivity index (χ1v) is 6.08. The van der Waals surface area contributed by atoms with Gasteiger partial charge in [-0.1, -0.05) is 6.92 Å². The number of amides is 2. The van der Waals surface area contributed by atoms with Crippen LogP contribution in [0.3, 0.4) is 0 Å². The minimum absolute atomic E-state index is 0.228. The third kappa shape index (κ3) is 3.98. The monoisotopic (exact) mass is 229 g/mol. The molecule has 2 amide bonds. The fourth-order valence-electron chi connectivity index (χ4n) is 2.16. The van der Waals surface area contributed by atoms with E-state index in [9.17, 15) is 4.79 Å². The normalized spacial score (nSPS) is 19.8. The van der Waals surface area contributed by atoms with E-state index < -0.39 is 0 Å². The summed E-state index contributed by atoms with van der Waals surface area (Å²) in [4.78, 5) is 12.6. The zero-order chi connectivity index (χ0) is 12.0. The second-order valence-electron chi connectivity index (χ2n) is 4.38. The average Bonchev–Trinajstić information content (AvgIpc) is 2.29. The van der Waals surface area contributed by atoms with Gasteiger partial charge in [-0.2, -0.15) is 0 Å². The summed E-state index contributed by atoms with van der Waals surface area (Å²) in [6.45, 7) is 3.82. The summed E-state index contributed by atoms with van der Waals surface area (Å²) in [6, 6.07) is 0.517. The lowest BCUT2D eigenvalue weighted by Crippen LogP contribution is -2.49. The summed E-state index contributed by atoms with van der Waals surface area (Å²) in [5.41, 5.74) is 5.22. The smallest absolute Gasteiger partial charge is 0.314 e. The van der Waals surface area contributed by atoms with Crippen molar-refractivity contribution in [3.63, 3.8) is 0 Å². The Bertz CT molecular complexity index is 215. The molecule has 0 aromatic carbocycles. The number of primary amides is 1. The second kappa shape index (κ2) is 6.70. The number of rotatable bonds is 5. The summed E-state index contributed by atoms with van der Waals surface area (Å²) >= 11 is 0. The maximum Gasteiger partial charge on any atom is 0.314 e. The van der Waals surface area contributed by atoms with Gasteiger partial charge in [-0.05, 0) is 25.7 Å². The lowest BCUT2D eigenvalue weighted by molar-refractivity contribution is 0.178. The molecule has 5 nitrogen and oxygen atoms in total. The van der Waals surface area contributed by atoms with Crippen LogP contribution in [-0.2, 0) is 0 Å². The number of likely N-dealkylation sites (tertiary alicyclic amines) is 1. The van der Waals surface area contributed by atoms with Gasteiger partial charge in [0, 0.05) is 31.8 Å². The highest BCUT2D eigenvalue weighted by Gasteiger charge is 2.22. The molecule has 5 heteroatoms. The number of aliphatic hydroxyl groups is 1. The molecule has 94 valence electrons. The van der Waals surface area contributed by atoms with E-state index in [1.807, 2.05) is 0 Å². The number of urea groups is 1. The van der Waals surface area contributed by atoms with Crippen LogP contribution in [0, 0.1) is 0 Å². The maximum atomic E-state index is 10.9. The average molecular weight is 229 g/mol. The summed E-state index contributed by atoms with van der Waals surface area (Å²) in [6.07, 6.45) is 3.72. The van der Waals surface area contributed by atoms with Crippen LogP contribution < -0.4 is 11.1 Å². The molecule has 0 aliphatic carbocycles. The van der Waals surface area contributed by atoms with Gasteiger partial charge in [-0.3, -0.25) is 0 Å². The van der Waals surface area contributed by atoms with Crippen molar-refractivity contribution in [2.24, 2.45) is 5.73 Å². The largest absolute Gasteiger partial charge is 0.396 e. The van der Waals surface area contributed by atoms with E-state index in [4.69, 9.17) is 10.8 Å². The highest BCUT2D eigenvalue weighted by molar-refractivity contribution is 5.72. The van der Waals surface area contributed by atoms with Crippen LogP contribution in [0.1, 0.15) is 32.6 Å². The predicted octanol–water partition coefficient (Wildman–Crippen LogP) is 0.280. The second-order valence-corrected chi connectivity index (χ2v) is 4.38. The molecule has 16 heavy (non-hydrogen) atoms. The molecule has 1 heterocycles. The molecule has 1 aliphatic heterocycles. The minimum Gasteiger partial charge on any atom is -0.396 e. The molecule has 0 spiro atoms. The summed E-state index contributed by atoms with van der Waals surface area (Å²) in [5.74, 6) is 0. The Labute approximate surface area is 97.0 Å². The van der Waals surface area contributed by atoms with Gasteiger partial charge >= 0.3 is 6.03 Å². The van der Waals surface area contributed by atoms with Crippen LogP contribution in [0.15, 0.2) is 0 Å². The van der Waals surface area contributed by atoms with E-state index >= 15 is 0 Å². The Morgan fingerprint density at radius 2 is 2.19 bits per heavy atom. The molecule has 0 saturated carbocycles. The number of piperidine rings is 1. The van der Waals surface area contributed by atoms with E-state index in [-0.39, 0.29) is 12.6 Å². The maximum absolute atomic E-state index is 10.9. The van der Waals surface area contributed by atoms with Crippen molar-refractivity contribution in [1.29, 1.82) is 0 Å². The van der Waals surface area contributed by atoms with Crippen molar-refractivity contribution in [3.8, 4) is 0 Å². The number of carbonyl (C=O) groups excluding carboxylic acids is 1. The van der Waals surface area contributed by atoms with Crippen LogP contribution in [0.2, 0.25) is 0 Å². The molecule has 4 N–H and O–H groups in total. The first-order chi connectivity index (χ1) is 7.67. The van der Waals surface area contributed by atoms with Crippen LogP contribution in [0.5, 0.6) is 0 Å². The van der Waals surface area contributed by atoms with Gasteiger partial charge in [0.05, 0.1) is 0 Å². The summed E-state index contributed by atoms with van der Waals surface area (Å²) < 4.78 is 0. The highest BCUT2D eigenvalue weighted by Crippen LogP contribution is 2.12. The quantitative estimate of drug-likeness (QED) is 0.633. The first-order valence-electron chi connectivity index (χ1n) is 6.08. The third-order valence-electron chi connectivity index (χ3n) is 3.25. The predicted molar refractivity (Wildman–Crippen MR) is 63.1 cm³/mol. The molecule has 0 aromatic rings. The van der Waals surface area contributed by atoms with Crippen molar-refractivity contribution in [2.45, 2.75) is 44.7 Å². The van der Waals surface area contributed by atoms with Gasteiger partial charge in [-0.25, -0.2) is 4.79 Å². The molecular formula is C11H23N3O2. The third-order valence-corrected chi connectivity index (χ3v) is 3.25. The van der Waals surface area contributed by atoms with Gasteiger partial charge in [0.2, 0.25) is 0 Å². The molecule has 1 saturated heterocycles. The minimum atomic E-state index is -0.319. The summed E-state index contributed by atoms with van der Waals surface area (Å²) in [5, 5.41) is 12.4. The number of hydrogen-bond acceptors (Lipinski definition) is 3. The number of nitrogens with two attached hydrogens (primary N) is 1. The van der Waals surface area contributed by atoms with Crippen LogP contribution in [0.25, 0.3) is 0 Å². The molecule has 1 rings (SSSR count). The summed E-state index contributed by atoms with van der Waals surface area (Å²) in [7, 11) is 0. The van der Waals surface area contributed by atoms with Gasteiger partial charge < -0.3 is 21.1 Å². The van der Waals surface area contributed by atoms with Crippen molar-refractivity contribution >= 4 is 6.03 Å². The van der Waals surface area contributed by atoms with Gasteiger partial charge in [-0.15, -0.1) is 0 Å². The number of aliphatic hydroxyl groups excluding tert-OH is 1. The molecule has 1 unspecified atom stereocenters. The van der Waals surface area contributed by atoms with Crippen LogP contribution >= 0.6 is 0 Å². The van der Waals surface area contributed by atoms with Crippen molar-refractivity contribution in [1.82, 2.24) is 10.2 Å². The highest BCUT2D eigenvalue weighted by atomic mass is 16.3. The van der Waals surface area contributed by atoms with Crippen molar-refractivity contribution < 1.29 is 9.90 Å². The number of nitrogens with zero attached hydrogens (tertiary/aromatic N) is 1. The molecule has 1 atom stereocenters. The standard InChI is InChI=1S/C11H23N3O2/c1-2-9(5-8-15)13-10-3-6-14(7-4-10)11(12)16/h9-10,13,15H,2-8H2,1H3,(H2,12,16). The lowest BCUT2D eigenvalue weighted by Gasteiger charge is -2.33. The molecule has 0 bridgehead atoms. The Kier molecular flexibility index (Phi) is 5.55. The fraction of sp³-hybridized carbons (Fsp3) is 0.909. The zero-order valence-electron chi connectivity index (χ0n) is 9.98. The van der Waals surface area contributed by atoms with E-state index in [1.165, 1.54) is 0 Å². The Balaban J connectivity index is 2.28. The van der Waals surface area contributed by atoms with E-state index in [0.29, 0.717) is 12.1 Å². The number of carbonyl (C=O) groups is 1. The molecule has 1 fully saturated rings. The number of hydrogen-bond donors (Lipinski definition) is 3. The Morgan fingerprint density at radius 3 is 2.62 bits per heavy atom. The molecular weight excluding hydrogens is 206 g/mol.